The van der Waals surface area contributed by atoms with E-state index in [1.54, 1.807) is 6.20 Å². The topological polar surface area (TPSA) is 63.4 Å². The van der Waals surface area contributed by atoms with Crippen LogP contribution in [0.2, 0.25) is 0 Å². The molecule has 4 heterocycles. The number of piperidine rings is 1. The Kier molecular flexibility index (Phi) is 5.52. The first-order chi connectivity index (χ1) is 15.1. The summed E-state index contributed by atoms with van der Waals surface area (Å²) in [6, 6.07) is 4.14. The van der Waals surface area contributed by atoms with Crippen molar-refractivity contribution < 1.29 is 4.79 Å². The van der Waals surface area contributed by atoms with Crippen LogP contribution in [0.15, 0.2) is 47.8 Å². The molecule has 2 aromatic heterocycles. The Morgan fingerprint density at radius 3 is 2.81 bits per heavy atom. The van der Waals surface area contributed by atoms with Gasteiger partial charge in [-0.1, -0.05) is 18.2 Å². The highest BCUT2D eigenvalue weighted by Gasteiger charge is 2.38. The number of aromatic nitrogens is 3. The van der Waals surface area contributed by atoms with Gasteiger partial charge in [-0.15, -0.1) is 0 Å². The van der Waals surface area contributed by atoms with Crippen LogP contribution in [0.3, 0.4) is 0 Å². The van der Waals surface area contributed by atoms with Crippen molar-refractivity contribution in [3.63, 3.8) is 0 Å². The Morgan fingerprint density at radius 1 is 1.19 bits per heavy atom. The number of carbonyl (C=O) groups excluding carboxylic acids is 1. The van der Waals surface area contributed by atoms with Crippen LogP contribution >= 0.6 is 0 Å². The zero-order valence-corrected chi connectivity index (χ0v) is 18.2. The number of allylic oxidation sites excluding steroid dienone is 2. The highest BCUT2D eigenvalue weighted by molar-refractivity contribution is 5.80. The van der Waals surface area contributed by atoms with Gasteiger partial charge in [0.05, 0.1) is 6.33 Å². The van der Waals surface area contributed by atoms with Crippen LogP contribution in [0.5, 0.6) is 0 Å². The second-order valence-electron chi connectivity index (χ2n) is 9.42. The van der Waals surface area contributed by atoms with Crippen molar-refractivity contribution in [3.8, 4) is 0 Å². The molecule has 7 nitrogen and oxygen atoms in total. The lowest BCUT2D eigenvalue weighted by Crippen LogP contribution is -2.50. The third kappa shape index (κ3) is 4.11. The lowest BCUT2D eigenvalue weighted by Gasteiger charge is -2.43. The maximum atomic E-state index is 13.3. The zero-order valence-electron chi connectivity index (χ0n) is 18.2. The number of likely N-dealkylation sites (N-methyl/N-ethyl adjacent to an activating group) is 1. The van der Waals surface area contributed by atoms with E-state index in [0.717, 1.165) is 63.2 Å². The molecule has 1 aliphatic carbocycles. The van der Waals surface area contributed by atoms with Gasteiger partial charge in [-0.25, -0.2) is 4.98 Å². The summed E-state index contributed by atoms with van der Waals surface area (Å²) in [5, 5.41) is 0. The molecule has 0 radical (unpaired) electrons. The van der Waals surface area contributed by atoms with Gasteiger partial charge in [-0.2, -0.15) is 0 Å². The quantitative estimate of drug-likeness (QED) is 0.670. The Morgan fingerprint density at radius 2 is 2.03 bits per heavy atom. The molecule has 1 amide bonds. The van der Waals surface area contributed by atoms with Gasteiger partial charge in [0.1, 0.15) is 0 Å². The van der Waals surface area contributed by atoms with Crippen LogP contribution < -0.4 is 5.56 Å². The molecular formula is C24H31N5O2. The highest BCUT2D eigenvalue weighted by Crippen LogP contribution is 2.36. The summed E-state index contributed by atoms with van der Waals surface area (Å²) in [5.41, 5.74) is 2.09. The van der Waals surface area contributed by atoms with Gasteiger partial charge in [0, 0.05) is 74.8 Å². The molecule has 2 bridgehead atoms. The van der Waals surface area contributed by atoms with E-state index in [1.807, 2.05) is 27.7 Å². The molecule has 0 N–H and O–H groups in total. The third-order valence-corrected chi connectivity index (χ3v) is 7.09. The normalized spacial score (nSPS) is 22.8. The molecule has 3 aliphatic rings. The van der Waals surface area contributed by atoms with Crippen molar-refractivity contribution in [2.75, 3.05) is 26.7 Å². The largest absolute Gasteiger partial charge is 0.341 e. The van der Waals surface area contributed by atoms with Crippen LogP contribution in [-0.4, -0.2) is 56.5 Å². The second kappa shape index (κ2) is 8.46. The lowest BCUT2D eigenvalue weighted by molar-refractivity contribution is -0.138. The molecule has 5 rings (SSSR count). The van der Waals surface area contributed by atoms with E-state index in [-0.39, 0.29) is 17.4 Å². The SMILES string of the molecule is CN(CCn1ccnc1)Cc1ccc2n(c1=O)C[C@H]1C[C@@H]2CN(C(=O)C2CC=CC2)C1. The van der Waals surface area contributed by atoms with E-state index in [2.05, 4.69) is 40.0 Å². The van der Waals surface area contributed by atoms with E-state index in [4.69, 9.17) is 0 Å². The Hall–Kier alpha value is -2.67. The van der Waals surface area contributed by atoms with E-state index in [9.17, 15) is 9.59 Å². The fourth-order valence-electron chi connectivity index (χ4n) is 5.44. The van der Waals surface area contributed by atoms with Gasteiger partial charge in [0.25, 0.3) is 5.56 Å². The van der Waals surface area contributed by atoms with Gasteiger partial charge in [0.2, 0.25) is 5.91 Å². The summed E-state index contributed by atoms with van der Waals surface area (Å²) in [7, 11) is 2.05. The third-order valence-electron chi connectivity index (χ3n) is 7.09. The zero-order chi connectivity index (χ0) is 21.4. The lowest BCUT2D eigenvalue weighted by atomic mass is 9.82. The predicted molar refractivity (Wildman–Crippen MR) is 119 cm³/mol. The van der Waals surface area contributed by atoms with Crippen molar-refractivity contribution >= 4 is 5.91 Å². The molecule has 31 heavy (non-hydrogen) atoms. The van der Waals surface area contributed by atoms with Crippen LogP contribution in [-0.2, 0) is 24.4 Å². The van der Waals surface area contributed by atoms with Crippen molar-refractivity contribution in [2.45, 2.75) is 44.8 Å². The van der Waals surface area contributed by atoms with Gasteiger partial charge >= 0.3 is 0 Å². The minimum Gasteiger partial charge on any atom is -0.341 e. The molecular weight excluding hydrogens is 390 g/mol. The van der Waals surface area contributed by atoms with Gasteiger partial charge < -0.3 is 18.9 Å². The molecule has 2 atom stereocenters. The molecule has 0 aromatic carbocycles. The summed E-state index contributed by atoms with van der Waals surface area (Å²) in [6.45, 7) is 4.61. The maximum absolute atomic E-state index is 13.3. The molecule has 1 saturated heterocycles. The number of fused-ring (bicyclic) bond motifs is 4. The summed E-state index contributed by atoms with van der Waals surface area (Å²) in [4.78, 5) is 34.5. The summed E-state index contributed by atoms with van der Waals surface area (Å²) in [5.74, 6) is 1.07. The number of rotatable bonds is 6. The van der Waals surface area contributed by atoms with Gasteiger partial charge in [0.15, 0.2) is 0 Å². The number of hydrogen-bond donors (Lipinski definition) is 0. The van der Waals surface area contributed by atoms with E-state index >= 15 is 0 Å². The smallest absolute Gasteiger partial charge is 0.255 e. The predicted octanol–water partition coefficient (Wildman–Crippen LogP) is 2.09. The summed E-state index contributed by atoms with van der Waals surface area (Å²) >= 11 is 0. The first-order valence-corrected chi connectivity index (χ1v) is 11.4. The Bertz CT molecular complexity index is 1020. The molecule has 0 spiro atoms. The van der Waals surface area contributed by atoms with Crippen molar-refractivity contribution in [1.29, 1.82) is 0 Å². The van der Waals surface area contributed by atoms with Crippen LogP contribution in [0.1, 0.15) is 36.4 Å². The fraction of sp³-hybridized carbons (Fsp3) is 0.542. The van der Waals surface area contributed by atoms with E-state index in [0.29, 0.717) is 18.4 Å². The first-order valence-electron chi connectivity index (χ1n) is 11.4. The number of amides is 1. The molecule has 1 fully saturated rings. The average Bonchev–Trinajstić information content (AvgIpc) is 3.48. The number of nitrogens with zero attached hydrogens (tertiary/aromatic N) is 5. The second-order valence-corrected chi connectivity index (χ2v) is 9.42. The standard InChI is InChI=1S/C24H31N5O2/c1-26(10-11-27-9-8-25-17-27)15-20-6-7-22-21-12-18(14-29(22)24(20)31)13-28(16-21)23(30)19-4-2-3-5-19/h2-3,6-9,17-19,21H,4-5,10-16H2,1H3/t18-,21+/m0/s1. The van der Waals surface area contributed by atoms with E-state index in [1.165, 1.54) is 0 Å². The van der Waals surface area contributed by atoms with Gasteiger partial charge in [-0.05, 0) is 38.3 Å². The van der Waals surface area contributed by atoms with Gasteiger partial charge in [-0.3, -0.25) is 9.59 Å². The van der Waals surface area contributed by atoms with Crippen molar-refractivity contribution in [3.05, 3.63) is 64.6 Å². The molecule has 7 heteroatoms. The number of hydrogen-bond acceptors (Lipinski definition) is 4. The molecule has 0 unspecified atom stereocenters. The Labute approximate surface area is 183 Å². The highest BCUT2D eigenvalue weighted by atomic mass is 16.2. The summed E-state index contributed by atoms with van der Waals surface area (Å²) < 4.78 is 4.04. The first kappa shape index (κ1) is 20.2. The van der Waals surface area contributed by atoms with Crippen LogP contribution in [0, 0.1) is 11.8 Å². The van der Waals surface area contributed by atoms with Crippen LogP contribution in [0.4, 0.5) is 0 Å². The average molecular weight is 422 g/mol. The summed E-state index contributed by atoms with van der Waals surface area (Å²) in [6.07, 6.45) is 12.6. The minimum atomic E-state index is 0.126. The number of carbonyl (C=O) groups is 1. The number of imidazole rings is 1. The molecule has 164 valence electrons. The Balaban J connectivity index is 1.28. The van der Waals surface area contributed by atoms with Crippen molar-refractivity contribution in [2.24, 2.45) is 11.8 Å². The fourth-order valence-corrected chi connectivity index (χ4v) is 5.44. The minimum absolute atomic E-state index is 0.126. The molecule has 0 saturated carbocycles. The van der Waals surface area contributed by atoms with E-state index < -0.39 is 0 Å². The van der Waals surface area contributed by atoms with Crippen molar-refractivity contribution in [1.82, 2.24) is 23.9 Å². The maximum Gasteiger partial charge on any atom is 0.255 e. The number of pyridine rings is 1. The number of likely N-dealkylation sites (tertiary alicyclic amines) is 1. The molecule has 2 aliphatic heterocycles. The molecule has 2 aromatic rings. The monoisotopic (exact) mass is 421 g/mol. The van der Waals surface area contributed by atoms with Crippen LogP contribution in [0.25, 0.3) is 0 Å².